The average Bonchev–Trinajstić information content (AvgIpc) is 2.67. The number of aliphatic imine (C=N–C) groups is 2. The molecule has 8 N–H and O–H groups in total. The number of carbonyl (C=O) groups is 2. The zero-order valence-electron chi connectivity index (χ0n) is 12.2. The van der Waals surface area contributed by atoms with E-state index in [9.17, 15) is 9.59 Å². The Bertz CT molecular complexity index is 743. The second-order valence-corrected chi connectivity index (χ2v) is 4.70. The summed E-state index contributed by atoms with van der Waals surface area (Å²) in [5.41, 5.74) is 22.0. The van der Waals surface area contributed by atoms with Gasteiger partial charge in [0, 0.05) is 23.1 Å². The summed E-state index contributed by atoms with van der Waals surface area (Å²) in [6.07, 6.45) is 1.91. The predicted molar refractivity (Wildman–Crippen MR) is 85.5 cm³/mol. The molecule has 0 atom stereocenters. The third kappa shape index (κ3) is 4.06. The number of nitrogens with zero attached hydrogens (tertiary/aromatic N) is 2. The number of carbonyl (C=O) groups excluding carboxylic acids is 2. The molecule has 2 amide bonds. The molecule has 0 bridgehead atoms. The number of nitrogens with two attached hydrogens (primary N) is 4. The first-order valence-electron chi connectivity index (χ1n) is 6.62. The van der Waals surface area contributed by atoms with E-state index in [2.05, 4.69) is 9.98 Å². The lowest BCUT2D eigenvalue weighted by molar-refractivity contribution is -0.114. The molecular formula is C14H16N6O3. The number of hydrogen-bond donors (Lipinski definition) is 4. The maximum atomic E-state index is 11.9. The van der Waals surface area contributed by atoms with Gasteiger partial charge < -0.3 is 27.7 Å². The standard InChI is InChI=1S/C14H16N6O3/c15-13(16)19-11(21)7-1-2-10-9(5-7)6-8(3-4-23-10)12(22)20-14(17)18/h1-2,5-6H,3-4H2,(H4,15,16,19,21)(H4,17,18,20,22). The first-order valence-corrected chi connectivity index (χ1v) is 6.62. The summed E-state index contributed by atoms with van der Waals surface area (Å²) < 4.78 is 5.54. The highest BCUT2D eigenvalue weighted by Crippen LogP contribution is 2.27. The molecule has 1 aromatic carbocycles. The molecule has 2 rings (SSSR count). The second kappa shape index (κ2) is 6.60. The minimum Gasteiger partial charge on any atom is -0.493 e. The molecule has 1 aromatic rings. The van der Waals surface area contributed by atoms with Crippen LogP contribution >= 0.6 is 0 Å². The number of ether oxygens (including phenoxy) is 1. The van der Waals surface area contributed by atoms with Crippen molar-refractivity contribution in [3.8, 4) is 5.75 Å². The van der Waals surface area contributed by atoms with E-state index < -0.39 is 11.8 Å². The second-order valence-electron chi connectivity index (χ2n) is 4.70. The minimum absolute atomic E-state index is 0.257. The summed E-state index contributed by atoms with van der Waals surface area (Å²) in [5.74, 6) is -1.28. The van der Waals surface area contributed by atoms with Gasteiger partial charge in [0.05, 0.1) is 6.61 Å². The molecule has 0 saturated carbocycles. The van der Waals surface area contributed by atoms with E-state index in [0.717, 1.165) is 0 Å². The number of fused-ring (bicyclic) bond motifs is 1. The molecule has 0 fully saturated rings. The number of benzene rings is 1. The Morgan fingerprint density at radius 2 is 1.65 bits per heavy atom. The number of hydrogen-bond acceptors (Lipinski definition) is 3. The quantitative estimate of drug-likeness (QED) is 0.402. The van der Waals surface area contributed by atoms with Crippen LogP contribution in [-0.2, 0) is 4.79 Å². The van der Waals surface area contributed by atoms with Crippen LogP contribution in [0.15, 0.2) is 33.8 Å². The fourth-order valence-electron chi connectivity index (χ4n) is 2.00. The molecule has 0 radical (unpaired) electrons. The Hall–Kier alpha value is -3.36. The lowest BCUT2D eigenvalue weighted by Crippen LogP contribution is -2.24. The summed E-state index contributed by atoms with van der Waals surface area (Å²) in [5, 5.41) is 0. The van der Waals surface area contributed by atoms with E-state index in [0.29, 0.717) is 23.3 Å². The van der Waals surface area contributed by atoms with Gasteiger partial charge >= 0.3 is 0 Å². The Morgan fingerprint density at radius 3 is 2.30 bits per heavy atom. The molecule has 0 saturated heterocycles. The van der Waals surface area contributed by atoms with Crippen LogP contribution < -0.4 is 27.7 Å². The number of guanidine groups is 2. The SMILES string of the molecule is NC(N)=NC(=O)C1=Cc2cc(C(=O)N=C(N)N)ccc2OCC1. The summed E-state index contributed by atoms with van der Waals surface area (Å²) in [6, 6.07) is 4.66. The smallest absolute Gasteiger partial charge is 0.280 e. The Balaban J connectivity index is 2.42. The Morgan fingerprint density at radius 1 is 1.00 bits per heavy atom. The zero-order valence-corrected chi connectivity index (χ0v) is 12.2. The van der Waals surface area contributed by atoms with Crippen molar-refractivity contribution in [1.82, 2.24) is 0 Å². The predicted octanol–water partition coefficient (Wildman–Crippen LogP) is -0.934. The number of rotatable bonds is 2. The van der Waals surface area contributed by atoms with Crippen LogP contribution in [0, 0.1) is 0 Å². The molecule has 0 unspecified atom stereocenters. The third-order valence-corrected chi connectivity index (χ3v) is 2.95. The van der Waals surface area contributed by atoms with Crippen molar-refractivity contribution in [2.75, 3.05) is 6.61 Å². The van der Waals surface area contributed by atoms with Gasteiger partial charge in [0.15, 0.2) is 11.9 Å². The van der Waals surface area contributed by atoms with Crippen molar-refractivity contribution in [3.05, 3.63) is 34.9 Å². The van der Waals surface area contributed by atoms with Crippen LogP contribution in [-0.4, -0.2) is 30.3 Å². The largest absolute Gasteiger partial charge is 0.493 e. The molecule has 1 heterocycles. The van der Waals surface area contributed by atoms with Gasteiger partial charge in [-0.2, -0.15) is 9.98 Å². The first-order chi connectivity index (χ1) is 10.9. The molecule has 23 heavy (non-hydrogen) atoms. The van der Waals surface area contributed by atoms with Gasteiger partial charge in [-0.05, 0) is 24.3 Å². The minimum atomic E-state index is -0.595. The molecule has 0 aromatic heterocycles. The molecule has 9 heteroatoms. The Kier molecular flexibility index (Phi) is 4.60. The van der Waals surface area contributed by atoms with E-state index in [-0.39, 0.29) is 24.1 Å². The van der Waals surface area contributed by atoms with Crippen LogP contribution in [0.3, 0.4) is 0 Å². The van der Waals surface area contributed by atoms with Crippen molar-refractivity contribution >= 4 is 29.8 Å². The van der Waals surface area contributed by atoms with E-state index in [1.54, 1.807) is 12.1 Å². The van der Waals surface area contributed by atoms with E-state index >= 15 is 0 Å². The molecule has 120 valence electrons. The van der Waals surface area contributed by atoms with Crippen molar-refractivity contribution in [2.24, 2.45) is 32.9 Å². The maximum Gasteiger partial charge on any atom is 0.280 e. The fourth-order valence-corrected chi connectivity index (χ4v) is 2.00. The monoisotopic (exact) mass is 316 g/mol. The van der Waals surface area contributed by atoms with Crippen molar-refractivity contribution < 1.29 is 14.3 Å². The highest BCUT2D eigenvalue weighted by molar-refractivity contribution is 6.05. The highest BCUT2D eigenvalue weighted by Gasteiger charge is 2.17. The highest BCUT2D eigenvalue weighted by atomic mass is 16.5. The Labute approximate surface area is 131 Å². The summed E-state index contributed by atoms with van der Waals surface area (Å²) in [6.45, 7) is 0.283. The van der Waals surface area contributed by atoms with Gasteiger partial charge in [0.1, 0.15) is 5.75 Å². The third-order valence-electron chi connectivity index (χ3n) is 2.95. The maximum absolute atomic E-state index is 11.9. The van der Waals surface area contributed by atoms with Gasteiger partial charge in [-0.3, -0.25) is 9.59 Å². The lowest BCUT2D eigenvalue weighted by Gasteiger charge is -2.06. The zero-order chi connectivity index (χ0) is 17.0. The summed E-state index contributed by atoms with van der Waals surface area (Å²) in [7, 11) is 0. The van der Waals surface area contributed by atoms with E-state index in [1.165, 1.54) is 12.1 Å². The molecule has 0 spiro atoms. The van der Waals surface area contributed by atoms with Crippen LogP contribution in [0.1, 0.15) is 22.3 Å². The average molecular weight is 316 g/mol. The lowest BCUT2D eigenvalue weighted by atomic mass is 10.1. The number of amides is 2. The molecular weight excluding hydrogens is 300 g/mol. The van der Waals surface area contributed by atoms with Gasteiger partial charge in [-0.1, -0.05) is 0 Å². The normalized spacial score (nSPS) is 12.8. The summed E-state index contributed by atoms with van der Waals surface area (Å²) in [4.78, 5) is 30.8. The molecule has 0 aliphatic carbocycles. The molecule has 1 aliphatic heterocycles. The van der Waals surface area contributed by atoms with Crippen LogP contribution in [0.2, 0.25) is 0 Å². The van der Waals surface area contributed by atoms with Gasteiger partial charge in [-0.25, -0.2) is 0 Å². The topological polar surface area (TPSA) is 172 Å². The summed E-state index contributed by atoms with van der Waals surface area (Å²) >= 11 is 0. The van der Waals surface area contributed by atoms with Crippen LogP contribution in [0.25, 0.3) is 6.08 Å². The first kappa shape index (κ1) is 16.0. The van der Waals surface area contributed by atoms with Gasteiger partial charge in [0.2, 0.25) is 0 Å². The van der Waals surface area contributed by atoms with Gasteiger partial charge in [-0.15, -0.1) is 0 Å². The van der Waals surface area contributed by atoms with Crippen molar-refractivity contribution in [3.63, 3.8) is 0 Å². The van der Waals surface area contributed by atoms with Crippen LogP contribution in [0.4, 0.5) is 0 Å². The fraction of sp³-hybridized carbons (Fsp3) is 0.143. The molecule has 9 nitrogen and oxygen atoms in total. The van der Waals surface area contributed by atoms with Crippen molar-refractivity contribution in [2.45, 2.75) is 6.42 Å². The van der Waals surface area contributed by atoms with E-state index in [1.807, 2.05) is 0 Å². The van der Waals surface area contributed by atoms with E-state index in [4.69, 9.17) is 27.7 Å². The van der Waals surface area contributed by atoms with Crippen molar-refractivity contribution in [1.29, 1.82) is 0 Å². The van der Waals surface area contributed by atoms with Gasteiger partial charge in [0.25, 0.3) is 11.8 Å². The molecule has 1 aliphatic rings. The van der Waals surface area contributed by atoms with Crippen LogP contribution in [0.5, 0.6) is 5.75 Å².